The van der Waals surface area contributed by atoms with E-state index in [0.29, 0.717) is 11.8 Å². The molecule has 7 nitrogen and oxygen atoms in total. The quantitative estimate of drug-likeness (QED) is 0.564. The minimum atomic E-state index is -0.215. The standard InChI is InChI=1S/C20H25N5O2S/c1-4-28-18(15-7-5-6-8-16(15)26)20-24-23-19(27-20)14-9-10-17(22-13-14)21-11-12-25(2)3/h5-10,13,18,26H,4,11-12H2,1-3H3,(H,21,22). The van der Waals surface area contributed by atoms with Gasteiger partial charge >= 0.3 is 0 Å². The van der Waals surface area contributed by atoms with Crippen LogP contribution in [0.5, 0.6) is 5.75 Å². The van der Waals surface area contributed by atoms with E-state index in [4.69, 9.17) is 4.42 Å². The van der Waals surface area contributed by atoms with Crippen molar-refractivity contribution in [3.63, 3.8) is 0 Å². The summed E-state index contributed by atoms with van der Waals surface area (Å²) in [5.74, 6) is 2.77. The molecule has 1 atom stereocenters. The first kappa shape index (κ1) is 20.2. The fraction of sp³-hybridized carbons (Fsp3) is 0.350. The summed E-state index contributed by atoms with van der Waals surface area (Å²) in [6.07, 6.45) is 1.72. The van der Waals surface area contributed by atoms with Crippen LogP contribution in [0, 0.1) is 0 Å². The maximum absolute atomic E-state index is 10.2. The third kappa shape index (κ3) is 5.02. The van der Waals surface area contributed by atoms with E-state index in [9.17, 15) is 5.11 Å². The van der Waals surface area contributed by atoms with E-state index < -0.39 is 0 Å². The number of phenols is 1. The third-order valence-electron chi connectivity index (χ3n) is 4.09. The van der Waals surface area contributed by atoms with E-state index in [1.807, 2.05) is 38.4 Å². The van der Waals surface area contributed by atoms with E-state index >= 15 is 0 Å². The molecule has 8 heteroatoms. The molecule has 0 aliphatic rings. The zero-order valence-electron chi connectivity index (χ0n) is 16.3. The number of anilines is 1. The topological polar surface area (TPSA) is 87.3 Å². The number of nitrogens with zero attached hydrogens (tertiary/aromatic N) is 4. The van der Waals surface area contributed by atoms with Crippen LogP contribution in [0.1, 0.15) is 23.6 Å². The van der Waals surface area contributed by atoms with Gasteiger partial charge in [0.2, 0.25) is 11.8 Å². The largest absolute Gasteiger partial charge is 0.508 e. The Morgan fingerprint density at radius 3 is 2.68 bits per heavy atom. The van der Waals surface area contributed by atoms with Gasteiger partial charge in [-0.2, -0.15) is 0 Å². The molecule has 0 saturated heterocycles. The Bertz CT molecular complexity index is 882. The number of hydrogen-bond acceptors (Lipinski definition) is 8. The van der Waals surface area contributed by atoms with E-state index in [0.717, 1.165) is 35.8 Å². The average Bonchev–Trinajstić information content (AvgIpc) is 3.17. The number of nitrogens with one attached hydrogen (secondary N) is 1. The minimum absolute atomic E-state index is 0.215. The molecular formula is C20H25N5O2S. The van der Waals surface area contributed by atoms with Crippen LogP contribution in [0.4, 0.5) is 5.82 Å². The number of para-hydroxylation sites is 1. The van der Waals surface area contributed by atoms with Gasteiger partial charge in [-0.3, -0.25) is 0 Å². The Morgan fingerprint density at radius 1 is 1.18 bits per heavy atom. The maximum Gasteiger partial charge on any atom is 0.249 e. The number of aromatic hydroxyl groups is 1. The second-order valence-corrected chi connectivity index (χ2v) is 7.88. The number of rotatable bonds is 9. The molecule has 0 spiro atoms. The van der Waals surface area contributed by atoms with E-state index in [1.54, 1.807) is 30.1 Å². The molecule has 2 heterocycles. The molecule has 0 fully saturated rings. The van der Waals surface area contributed by atoms with Crippen molar-refractivity contribution in [2.45, 2.75) is 12.2 Å². The lowest BCUT2D eigenvalue weighted by Crippen LogP contribution is -2.21. The first-order valence-corrected chi connectivity index (χ1v) is 10.2. The number of likely N-dealkylation sites (N-methyl/N-ethyl adjacent to an activating group) is 1. The molecule has 2 N–H and O–H groups in total. The highest BCUT2D eigenvalue weighted by atomic mass is 32.2. The highest BCUT2D eigenvalue weighted by molar-refractivity contribution is 7.99. The molecule has 3 aromatic rings. The summed E-state index contributed by atoms with van der Waals surface area (Å²) in [7, 11) is 4.06. The molecule has 0 saturated carbocycles. The highest BCUT2D eigenvalue weighted by Gasteiger charge is 2.23. The van der Waals surface area contributed by atoms with Gasteiger partial charge in [0.15, 0.2) is 0 Å². The predicted octanol–water partition coefficient (Wildman–Crippen LogP) is 3.65. The smallest absolute Gasteiger partial charge is 0.249 e. The van der Waals surface area contributed by atoms with Crippen LogP contribution in [-0.2, 0) is 0 Å². The zero-order chi connectivity index (χ0) is 19.9. The van der Waals surface area contributed by atoms with Crippen LogP contribution in [0.25, 0.3) is 11.5 Å². The zero-order valence-corrected chi connectivity index (χ0v) is 17.1. The summed E-state index contributed by atoms with van der Waals surface area (Å²) in [6.45, 7) is 3.81. The van der Waals surface area contributed by atoms with Crippen molar-refractivity contribution in [2.75, 3.05) is 38.3 Å². The summed E-state index contributed by atoms with van der Waals surface area (Å²) in [6, 6.07) is 11.0. The number of phenolic OH excluding ortho intramolecular Hbond substituents is 1. The maximum atomic E-state index is 10.2. The van der Waals surface area contributed by atoms with E-state index in [1.165, 1.54) is 0 Å². The van der Waals surface area contributed by atoms with Gasteiger partial charge in [-0.1, -0.05) is 25.1 Å². The van der Waals surface area contributed by atoms with Crippen LogP contribution < -0.4 is 5.32 Å². The first-order chi connectivity index (χ1) is 13.6. The van der Waals surface area contributed by atoms with Crippen LogP contribution >= 0.6 is 11.8 Å². The lowest BCUT2D eigenvalue weighted by atomic mass is 10.1. The first-order valence-electron chi connectivity index (χ1n) is 9.16. The molecule has 2 aromatic heterocycles. The average molecular weight is 400 g/mol. The van der Waals surface area contributed by atoms with Gasteiger partial charge in [0.1, 0.15) is 16.8 Å². The van der Waals surface area contributed by atoms with Crippen molar-refractivity contribution in [1.29, 1.82) is 0 Å². The lowest BCUT2D eigenvalue weighted by molar-refractivity contribution is 0.425. The molecule has 0 aliphatic heterocycles. The Morgan fingerprint density at radius 2 is 2.00 bits per heavy atom. The second-order valence-electron chi connectivity index (χ2n) is 6.50. The van der Waals surface area contributed by atoms with Crippen LogP contribution in [0.15, 0.2) is 47.0 Å². The van der Waals surface area contributed by atoms with Gasteiger partial charge < -0.3 is 19.7 Å². The van der Waals surface area contributed by atoms with Crippen molar-refractivity contribution >= 4 is 17.6 Å². The van der Waals surface area contributed by atoms with Gasteiger partial charge in [0.05, 0.1) is 5.56 Å². The van der Waals surface area contributed by atoms with Gasteiger partial charge in [-0.05, 0) is 38.0 Å². The summed E-state index contributed by atoms with van der Waals surface area (Å²) in [5.41, 5.74) is 1.53. The summed E-state index contributed by atoms with van der Waals surface area (Å²) >= 11 is 1.63. The number of pyridine rings is 1. The lowest BCUT2D eigenvalue weighted by Gasteiger charge is -2.13. The van der Waals surface area contributed by atoms with Gasteiger partial charge in [0.25, 0.3) is 0 Å². The van der Waals surface area contributed by atoms with Crippen LogP contribution in [0.3, 0.4) is 0 Å². The Hall–Kier alpha value is -2.58. The van der Waals surface area contributed by atoms with E-state index in [2.05, 4.69) is 32.3 Å². The van der Waals surface area contributed by atoms with Crippen LogP contribution in [0.2, 0.25) is 0 Å². The van der Waals surface area contributed by atoms with Crippen molar-refractivity contribution in [2.24, 2.45) is 0 Å². The number of aromatic nitrogens is 3. The van der Waals surface area contributed by atoms with Crippen molar-refractivity contribution < 1.29 is 9.52 Å². The summed E-state index contributed by atoms with van der Waals surface area (Å²) in [5, 5.41) is 21.7. The second kappa shape index (κ2) is 9.57. The molecule has 0 bridgehead atoms. The van der Waals surface area contributed by atoms with Crippen molar-refractivity contribution in [3.05, 3.63) is 54.0 Å². The monoisotopic (exact) mass is 399 g/mol. The normalized spacial score (nSPS) is 12.3. The molecule has 1 aromatic carbocycles. The van der Waals surface area contributed by atoms with Gasteiger partial charge in [-0.15, -0.1) is 22.0 Å². The Balaban J connectivity index is 1.76. The summed E-state index contributed by atoms with van der Waals surface area (Å²) < 4.78 is 5.93. The Labute approximate surface area is 169 Å². The summed E-state index contributed by atoms with van der Waals surface area (Å²) in [4.78, 5) is 6.52. The SMILES string of the molecule is CCSC(c1nnc(-c2ccc(NCCN(C)C)nc2)o1)c1ccccc1O. The van der Waals surface area contributed by atoms with Gasteiger partial charge in [-0.25, -0.2) is 4.98 Å². The fourth-order valence-electron chi connectivity index (χ4n) is 2.66. The van der Waals surface area contributed by atoms with Gasteiger partial charge in [0, 0.05) is 24.8 Å². The molecule has 0 amide bonds. The van der Waals surface area contributed by atoms with Crippen LogP contribution in [-0.4, -0.2) is 58.1 Å². The molecule has 0 aliphatic carbocycles. The number of thioether (sulfide) groups is 1. The third-order valence-corrected chi connectivity index (χ3v) is 5.22. The van der Waals surface area contributed by atoms with Crippen molar-refractivity contribution in [3.8, 4) is 17.2 Å². The van der Waals surface area contributed by atoms with Crippen molar-refractivity contribution in [1.82, 2.24) is 20.1 Å². The molecule has 1 unspecified atom stereocenters. The number of hydrogen-bond donors (Lipinski definition) is 2. The fourth-order valence-corrected chi connectivity index (χ4v) is 3.61. The molecule has 28 heavy (non-hydrogen) atoms. The molecular weight excluding hydrogens is 374 g/mol. The minimum Gasteiger partial charge on any atom is -0.508 e. The molecule has 0 radical (unpaired) electrons. The Kier molecular flexibility index (Phi) is 6.89. The highest BCUT2D eigenvalue weighted by Crippen LogP contribution is 2.39. The van der Waals surface area contributed by atoms with E-state index in [-0.39, 0.29) is 11.0 Å². The molecule has 148 valence electrons. The predicted molar refractivity (Wildman–Crippen MR) is 113 cm³/mol. The molecule has 3 rings (SSSR count). The number of benzene rings is 1.